The van der Waals surface area contributed by atoms with Gasteiger partial charge in [-0.15, -0.1) is 0 Å². The van der Waals surface area contributed by atoms with E-state index in [2.05, 4.69) is 9.97 Å². The van der Waals surface area contributed by atoms with E-state index in [1.165, 1.54) is 11.8 Å². The van der Waals surface area contributed by atoms with E-state index in [1.54, 1.807) is 6.07 Å². The first kappa shape index (κ1) is 14.1. The Morgan fingerprint density at radius 2 is 2.19 bits per heavy atom. The fourth-order valence-electron chi connectivity index (χ4n) is 1.98. The first-order chi connectivity index (χ1) is 10.2. The molecule has 0 atom stereocenters. The highest BCUT2D eigenvalue weighted by Crippen LogP contribution is 2.35. The van der Waals surface area contributed by atoms with Crippen molar-refractivity contribution in [1.29, 1.82) is 0 Å². The molecular weight excluding hydrogens is 306 g/mol. The van der Waals surface area contributed by atoms with Gasteiger partial charge in [0.1, 0.15) is 5.75 Å². The summed E-state index contributed by atoms with van der Waals surface area (Å²) in [4.78, 5) is 8.68. The van der Waals surface area contributed by atoms with Gasteiger partial charge in [-0.05, 0) is 43.0 Å². The van der Waals surface area contributed by atoms with E-state index in [0.717, 1.165) is 26.8 Å². The second-order valence-electron chi connectivity index (χ2n) is 4.41. The van der Waals surface area contributed by atoms with E-state index in [-0.39, 0.29) is 0 Å². The Morgan fingerprint density at radius 1 is 1.33 bits per heavy atom. The Balaban J connectivity index is 1.92. The molecule has 21 heavy (non-hydrogen) atoms. The average Bonchev–Trinajstić information content (AvgIpc) is 2.86. The number of hydrogen-bond donors (Lipinski definition) is 2. The van der Waals surface area contributed by atoms with Crippen molar-refractivity contribution < 1.29 is 4.74 Å². The Bertz CT molecular complexity index is 788. The molecule has 3 N–H and O–H groups in total. The van der Waals surface area contributed by atoms with Gasteiger partial charge in [-0.1, -0.05) is 17.7 Å². The number of benzene rings is 2. The summed E-state index contributed by atoms with van der Waals surface area (Å²) in [6.45, 7) is 2.60. The number of H-pyrrole nitrogens is 1. The SMILES string of the molecule is CCOc1ccc2nc(Sc3cccc(Cl)c3N)[nH]c2c1. The van der Waals surface area contributed by atoms with Crippen LogP contribution in [0.3, 0.4) is 0 Å². The zero-order valence-corrected chi connectivity index (χ0v) is 13.0. The molecule has 2 aromatic carbocycles. The predicted molar refractivity (Wildman–Crippen MR) is 87.3 cm³/mol. The molecule has 0 saturated carbocycles. The Labute approximate surface area is 131 Å². The molecule has 0 radical (unpaired) electrons. The number of ether oxygens (including phenoxy) is 1. The van der Waals surface area contributed by atoms with Crippen LogP contribution in [0.25, 0.3) is 11.0 Å². The lowest BCUT2D eigenvalue weighted by Gasteiger charge is -2.04. The van der Waals surface area contributed by atoms with Gasteiger partial charge < -0.3 is 15.5 Å². The normalized spacial score (nSPS) is 11.0. The molecule has 1 heterocycles. The van der Waals surface area contributed by atoms with Gasteiger partial charge in [0.05, 0.1) is 28.4 Å². The summed E-state index contributed by atoms with van der Waals surface area (Å²) in [7, 11) is 0. The Kier molecular flexibility index (Phi) is 3.94. The van der Waals surface area contributed by atoms with Crippen LogP contribution in [0.1, 0.15) is 6.92 Å². The van der Waals surface area contributed by atoms with Gasteiger partial charge in [-0.2, -0.15) is 0 Å². The lowest BCUT2D eigenvalue weighted by atomic mass is 10.3. The summed E-state index contributed by atoms with van der Waals surface area (Å²) in [6, 6.07) is 11.4. The number of anilines is 1. The lowest BCUT2D eigenvalue weighted by molar-refractivity contribution is 0.340. The number of nitrogen functional groups attached to an aromatic ring is 1. The van der Waals surface area contributed by atoms with E-state index in [1.807, 2.05) is 37.3 Å². The van der Waals surface area contributed by atoms with Crippen LogP contribution in [0, 0.1) is 0 Å². The molecule has 4 nitrogen and oxygen atoms in total. The van der Waals surface area contributed by atoms with E-state index in [4.69, 9.17) is 22.1 Å². The number of fused-ring (bicyclic) bond motifs is 1. The predicted octanol–water partition coefficient (Wildman–Crippen LogP) is 4.35. The number of halogens is 1. The highest BCUT2D eigenvalue weighted by Gasteiger charge is 2.09. The third-order valence-electron chi connectivity index (χ3n) is 2.96. The molecule has 0 spiro atoms. The Morgan fingerprint density at radius 3 is 3.00 bits per heavy atom. The monoisotopic (exact) mass is 319 g/mol. The van der Waals surface area contributed by atoms with Gasteiger partial charge in [0.15, 0.2) is 5.16 Å². The van der Waals surface area contributed by atoms with E-state index in [0.29, 0.717) is 17.3 Å². The highest BCUT2D eigenvalue weighted by atomic mass is 35.5. The van der Waals surface area contributed by atoms with Crippen LogP contribution in [0.4, 0.5) is 5.69 Å². The van der Waals surface area contributed by atoms with Gasteiger partial charge >= 0.3 is 0 Å². The topological polar surface area (TPSA) is 63.9 Å². The molecular formula is C15H14ClN3OS. The molecule has 6 heteroatoms. The van der Waals surface area contributed by atoms with Crippen molar-refractivity contribution in [3.63, 3.8) is 0 Å². The number of nitrogens with two attached hydrogens (primary N) is 1. The summed E-state index contributed by atoms with van der Waals surface area (Å²) in [6.07, 6.45) is 0. The zero-order chi connectivity index (χ0) is 14.8. The molecule has 0 fully saturated rings. The van der Waals surface area contributed by atoms with Crippen molar-refractivity contribution in [2.75, 3.05) is 12.3 Å². The van der Waals surface area contributed by atoms with Gasteiger partial charge in [0.25, 0.3) is 0 Å². The van der Waals surface area contributed by atoms with Crippen LogP contribution >= 0.6 is 23.4 Å². The number of aromatic amines is 1. The van der Waals surface area contributed by atoms with Gasteiger partial charge in [-0.3, -0.25) is 0 Å². The molecule has 0 saturated heterocycles. The fraction of sp³-hybridized carbons (Fsp3) is 0.133. The quantitative estimate of drug-likeness (QED) is 0.702. The zero-order valence-electron chi connectivity index (χ0n) is 11.4. The lowest BCUT2D eigenvalue weighted by Crippen LogP contribution is -1.90. The second-order valence-corrected chi connectivity index (χ2v) is 5.85. The highest BCUT2D eigenvalue weighted by molar-refractivity contribution is 7.99. The van der Waals surface area contributed by atoms with E-state index in [9.17, 15) is 0 Å². The van der Waals surface area contributed by atoms with Crippen molar-refractivity contribution in [3.05, 3.63) is 41.4 Å². The molecule has 0 aliphatic carbocycles. The summed E-state index contributed by atoms with van der Waals surface area (Å²) < 4.78 is 5.48. The van der Waals surface area contributed by atoms with Crippen LogP contribution in [0.15, 0.2) is 46.5 Å². The van der Waals surface area contributed by atoms with Gasteiger partial charge in [0.2, 0.25) is 0 Å². The van der Waals surface area contributed by atoms with Crippen molar-refractivity contribution in [2.45, 2.75) is 17.0 Å². The van der Waals surface area contributed by atoms with Crippen LogP contribution in [0.2, 0.25) is 5.02 Å². The minimum atomic E-state index is 0.551. The maximum atomic E-state index is 6.03. The van der Waals surface area contributed by atoms with Crippen molar-refractivity contribution in [1.82, 2.24) is 9.97 Å². The van der Waals surface area contributed by atoms with E-state index >= 15 is 0 Å². The van der Waals surface area contributed by atoms with Crippen molar-refractivity contribution in [2.24, 2.45) is 0 Å². The number of hydrogen-bond acceptors (Lipinski definition) is 4. The first-order valence-electron chi connectivity index (χ1n) is 6.52. The third-order valence-corrected chi connectivity index (χ3v) is 4.25. The number of imidazole rings is 1. The summed E-state index contributed by atoms with van der Waals surface area (Å²) >= 11 is 7.49. The number of aromatic nitrogens is 2. The molecule has 0 bridgehead atoms. The molecule has 1 aromatic heterocycles. The molecule has 3 aromatic rings. The number of rotatable bonds is 4. The van der Waals surface area contributed by atoms with Crippen LogP contribution in [-0.4, -0.2) is 16.6 Å². The Hall–Kier alpha value is -1.85. The molecule has 108 valence electrons. The smallest absolute Gasteiger partial charge is 0.171 e. The fourth-order valence-corrected chi connectivity index (χ4v) is 3.09. The number of nitrogens with zero attached hydrogens (tertiary/aromatic N) is 1. The number of para-hydroxylation sites is 1. The summed E-state index contributed by atoms with van der Waals surface area (Å²) in [5.74, 6) is 0.826. The second kappa shape index (κ2) is 5.87. The summed E-state index contributed by atoms with van der Waals surface area (Å²) in [5, 5.41) is 1.32. The minimum Gasteiger partial charge on any atom is -0.494 e. The maximum Gasteiger partial charge on any atom is 0.171 e. The van der Waals surface area contributed by atoms with Crippen LogP contribution < -0.4 is 10.5 Å². The summed E-state index contributed by atoms with van der Waals surface area (Å²) in [5.41, 5.74) is 8.37. The molecule has 3 rings (SSSR count). The maximum absolute atomic E-state index is 6.03. The molecule has 0 aliphatic rings. The molecule has 0 unspecified atom stereocenters. The van der Waals surface area contributed by atoms with E-state index < -0.39 is 0 Å². The minimum absolute atomic E-state index is 0.551. The van der Waals surface area contributed by atoms with Gasteiger partial charge in [0, 0.05) is 11.0 Å². The number of nitrogens with one attached hydrogen (secondary N) is 1. The van der Waals surface area contributed by atoms with Crippen LogP contribution in [-0.2, 0) is 0 Å². The average molecular weight is 320 g/mol. The third kappa shape index (κ3) is 2.94. The standard InChI is InChI=1S/C15H14ClN3OS/c1-2-20-9-6-7-11-12(8-9)19-15(18-11)21-13-5-3-4-10(16)14(13)17/h3-8H,2,17H2,1H3,(H,18,19). The van der Waals surface area contributed by atoms with Crippen molar-refractivity contribution in [3.8, 4) is 5.75 Å². The molecule has 0 aliphatic heterocycles. The molecule has 0 amide bonds. The van der Waals surface area contributed by atoms with Crippen molar-refractivity contribution >= 4 is 40.1 Å². The van der Waals surface area contributed by atoms with Gasteiger partial charge in [-0.25, -0.2) is 4.98 Å². The first-order valence-corrected chi connectivity index (χ1v) is 7.71. The van der Waals surface area contributed by atoms with Crippen LogP contribution in [0.5, 0.6) is 5.75 Å². The largest absolute Gasteiger partial charge is 0.494 e.